The Bertz CT molecular complexity index is 1100. The van der Waals surface area contributed by atoms with Gasteiger partial charge >= 0.3 is 5.97 Å². The van der Waals surface area contributed by atoms with Gasteiger partial charge in [0.1, 0.15) is 0 Å². The maximum atomic E-state index is 13.9. The number of carbonyl (C=O) groups is 2. The van der Waals surface area contributed by atoms with Crippen molar-refractivity contribution in [2.45, 2.75) is 102 Å². The second-order valence-corrected chi connectivity index (χ2v) is 12.1. The van der Waals surface area contributed by atoms with Crippen LogP contribution in [0.15, 0.2) is 48.5 Å². The monoisotopic (exact) mass is 530 g/mol. The molecule has 1 N–H and O–H groups in total. The van der Waals surface area contributed by atoms with Crippen LogP contribution in [0.1, 0.15) is 89.2 Å². The maximum Gasteiger partial charge on any atom is 0.311 e. The highest BCUT2D eigenvalue weighted by Gasteiger charge is 2.44. The first-order valence-corrected chi connectivity index (χ1v) is 15.4. The van der Waals surface area contributed by atoms with Gasteiger partial charge in [0.25, 0.3) is 0 Å². The number of benzene rings is 2. The van der Waals surface area contributed by atoms with Gasteiger partial charge in [-0.1, -0.05) is 74.2 Å². The molecule has 1 amide bonds. The molecular weight excluding hydrogens is 484 g/mol. The van der Waals surface area contributed by atoms with E-state index in [-0.39, 0.29) is 23.8 Å². The molecule has 2 aromatic carbocycles. The van der Waals surface area contributed by atoms with Crippen LogP contribution in [0.4, 0.5) is 0 Å². The Morgan fingerprint density at radius 3 is 2.21 bits per heavy atom. The predicted octanol–water partition coefficient (Wildman–Crippen LogP) is 6.43. The van der Waals surface area contributed by atoms with Gasteiger partial charge in [0.05, 0.1) is 17.9 Å². The first-order valence-electron chi connectivity index (χ1n) is 15.4. The molecule has 1 heterocycles. The van der Waals surface area contributed by atoms with Crippen LogP contribution in [0.5, 0.6) is 0 Å². The fraction of sp³-hybridized carbons (Fsp3) is 0.588. The van der Waals surface area contributed by atoms with Crippen molar-refractivity contribution in [3.63, 3.8) is 0 Å². The summed E-state index contributed by atoms with van der Waals surface area (Å²) < 4.78 is 5.34. The van der Waals surface area contributed by atoms with Crippen molar-refractivity contribution in [3.05, 3.63) is 59.7 Å². The summed E-state index contributed by atoms with van der Waals surface area (Å²) in [5.41, 5.74) is 4.37. The Hall–Kier alpha value is -2.66. The lowest BCUT2D eigenvalue weighted by Crippen LogP contribution is -2.51. The van der Waals surface area contributed by atoms with Crippen molar-refractivity contribution in [2.24, 2.45) is 5.92 Å². The van der Waals surface area contributed by atoms with E-state index >= 15 is 0 Å². The second kappa shape index (κ2) is 12.7. The maximum absolute atomic E-state index is 13.9. The Kier molecular flexibility index (Phi) is 9.06. The molecule has 0 radical (unpaired) electrons. The number of likely N-dealkylation sites (tertiary alicyclic amines) is 1. The Morgan fingerprint density at radius 1 is 0.897 bits per heavy atom. The number of hydrogen-bond acceptors (Lipinski definition) is 4. The summed E-state index contributed by atoms with van der Waals surface area (Å²) >= 11 is 0. The van der Waals surface area contributed by atoms with Gasteiger partial charge in [-0.3, -0.25) is 9.59 Å². The van der Waals surface area contributed by atoms with Gasteiger partial charge in [-0.15, -0.1) is 0 Å². The van der Waals surface area contributed by atoms with Crippen molar-refractivity contribution in [1.29, 1.82) is 0 Å². The van der Waals surface area contributed by atoms with Crippen molar-refractivity contribution < 1.29 is 14.3 Å². The van der Waals surface area contributed by atoms with Gasteiger partial charge in [-0.05, 0) is 87.6 Å². The molecule has 2 saturated carbocycles. The molecule has 0 bridgehead atoms. The molecule has 3 aliphatic rings. The molecule has 0 unspecified atom stereocenters. The van der Waals surface area contributed by atoms with E-state index in [1.807, 2.05) is 6.92 Å². The van der Waals surface area contributed by atoms with Crippen LogP contribution in [-0.4, -0.2) is 48.6 Å². The minimum atomic E-state index is -0.508. The molecule has 2 aliphatic carbocycles. The van der Waals surface area contributed by atoms with Crippen LogP contribution in [0.2, 0.25) is 0 Å². The minimum absolute atomic E-state index is 0.0885. The lowest BCUT2D eigenvalue weighted by Gasteiger charge is -2.35. The third-order valence-corrected chi connectivity index (χ3v) is 9.67. The van der Waals surface area contributed by atoms with Crippen LogP contribution in [-0.2, 0) is 26.2 Å². The fourth-order valence-electron chi connectivity index (χ4n) is 7.21. The summed E-state index contributed by atoms with van der Waals surface area (Å²) in [6.45, 7) is 6.94. The zero-order chi connectivity index (χ0) is 27.2. The first-order chi connectivity index (χ1) is 19.0. The smallest absolute Gasteiger partial charge is 0.311 e. The average Bonchev–Trinajstić information content (AvgIpc) is 3.63. The zero-order valence-electron chi connectivity index (χ0n) is 23.9. The van der Waals surface area contributed by atoms with Crippen LogP contribution in [0.25, 0.3) is 11.1 Å². The highest BCUT2D eigenvalue weighted by atomic mass is 16.5. The first kappa shape index (κ1) is 27.9. The summed E-state index contributed by atoms with van der Waals surface area (Å²) in [4.78, 5) is 29.1. The topological polar surface area (TPSA) is 58.6 Å². The molecule has 5 heteroatoms. The molecule has 0 spiro atoms. The largest absolute Gasteiger partial charge is 0.466 e. The summed E-state index contributed by atoms with van der Waals surface area (Å²) in [6.07, 6.45) is 11.3. The molecule has 3 atom stereocenters. The molecule has 0 aromatic heterocycles. The fourth-order valence-corrected chi connectivity index (χ4v) is 7.21. The molecule has 2 aromatic rings. The minimum Gasteiger partial charge on any atom is -0.466 e. The van der Waals surface area contributed by atoms with E-state index in [1.54, 1.807) is 0 Å². The summed E-state index contributed by atoms with van der Waals surface area (Å²) in [7, 11) is 0. The van der Waals surface area contributed by atoms with Gasteiger partial charge in [0.2, 0.25) is 5.91 Å². The SMILES string of the molecule is CCOC(=O)[C@@H]1CCCC[C@H]1NC(=O)C1(c2ccc(-c3ccc(CCN4CCC[C@H]4C)cc3)cc2)CCCC1. The lowest BCUT2D eigenvalue weighted by molar-refractivity contribution is -0.150. The molecule has 3 fully saturated rings. The number of rotatable bonds is 9. The van der Waals surface area contributed by atoms with Gasteiger partial charge in [0, 0.05) is 18.6 Å². The van der Waals surface area contributed by atoms with Gasteiger partial charge < -0.3 is 15.0 Å². The zero-order valence-corrected chi connectivity index (χ0v) is 23.9. The van der Waals surface area contributed by atoms with Crippen LogP contribution < -0.4 is 5.32 Å². The Labute approximate surface area is 234 Å². The molecular formula is C34H46N2O3. The van der Waals surface area contributed by atoms with E-state index in [2.05, 4.69) is 65.7 Å². The summed E-state index contributed by atoms with van der Waals surface area (Å²) in [5, 5.41) is 3.33. The number of nitrogens with zero attached hydrogens (tertiary/aromatic N) is 1. The second-order valence-electron chi connectivity index (χ2n) is 12.1. The third kappa shape index (κ3) is 6.24. The van der Waals surface area contributed by atoms with E-state index in [1.165, 1.54) is 36.1 Å². The van der Waals surface area contributed by atoms with Crippen molar-refractivity contribution >= 4 is 11.9 Å². The van der Waals surface area contributed by atoms with Crippen LogP contribution in [0.3, 0.4) is 0 Å². The van der Waals surface area contributed by atoms with E-state index in [9.17, 15) is 9.59 Å². The normalized spacial score (nSPS) is 24.9. The number of esters is 1. The molecule has 5 rings (SSSR count). The van der Waals surface area contributed by atoms with Crippen molar-refractivity contribution in [2.75, 3.05) is 19.7 Å². The Balaban J connectivity index is 1.26. The van der Waals surface area contributed by atoms with Crippen LogP contribution in [0, 0.1) is 5.92 Å². The van der Waals surface area contributed by atoms with E-state index < -0.39 is 5.41 Å². The highest BCUT2D eigenvalue weighted by molar-refractivity contribution is 5.89. The van der Waals surface area contributed by atoms with Gasteiger partial charge in [-0.25, -0.2) is 0 Å². The summed E-state index contributed by atoms with van der Waals surface area (Å²) in [6, 6.07) is 18.2. The average molecular weight is 531 g/mol. The molecule has 1 aliphatic heterocycles. The summed E-state index contributed by atoms with van der Waals surface area (Å²) in [5.74, 6) is -0.306. The standard InChI is InChI=1S/C34H46N2O3/c1-3-39-32(37)30-10-4-5-11-31(30)35-33(38)34(21-6-7-22-34)29-18-16-28(17-19-29)27-14-12-26(13-15-27)20-24-36-23-8-9-25(36)2/h12-19,25,30-31H,3-11,20-24H2,1-2H3,(H,35,38)/t25-,30-,31-/m1/s1. The molecule has 210 valence electrons. The van der Waals surface area contributed by atoms with Gasteiger partial charge in [-0.2, -0.15) is 0 Å². The highest BCUT2D eigenvalue weighted by Crippen LogP contribution is 2.42. The van der Waals surface area contributed by atoms with E-state index in [0.717, 1.165) is 75.9 Å². The molecule has 5 nitrogen and oxygen atoms in total. The number of nitrogens with one attached hydrogen (secondary N) is 1. The molecule has 39 heavy (non-hydrogen) atoms. The lowest BCUT2D eigenvalue weighted by atomic mass is 9.76. The van der Waals surface area contributed by atoms with Crippen molar-refractivity contribution in [1.82, 2.24) is 10.2 Å². The predicted molar refractivity (Wildman–Crippen MR) is 157 cm³/mol. The quantitative estimate of drug-likeness (QED) is 0.380. The number of hydrogen-bond donors (Lipinski definition) is 1. The van der Waals surface area contributed by atoms with E-state index in [4.69, 9.17) is 4.74 Å². The van der Waals surface area contributed by atoms with Gasteiger partial charge in [0.15, 0.2) is 0 Å². The molecule has 1 saturated heterocycles. The number of amides is 1. The number of carbonyl (C=O) groups excluding carboxylic acids is 2. The number of ether oxygens (including phenoxy) is 1. The van der Waals surface area contributed by atoms with Crippen LogP contribution >= 0.6 is 0 Å². The Morgan fingerprint density at radius 2 is 1.56 bits per heavy atom. The van der Waals surface area contributed by atoms with Crippen molar-refractivity contribution in [3.8, 4) is 11.1 Å². The van der Waals surface area contributed by atoms with E-state index in [0.29, 0.717) is 6.61 Å². The third-order valence-electron chi connectivity index (χ3n) is 9.67.